The summed E-state index contributed by atoms with van der Waals surface area (Å²) in [5.74, 6) is -1.82. The van der Waals surface area contributed by atoms with Crippen molar-refractivity contribution in [3.63, 3.8) is 0 Å². The lowest BCUT2D eigenvalue weighted by Gasteiger charge is -2.25. The van der Waals surface area contributed by atoms with Crippen LogP contribution in [0, 0.1) is 5.41 Å². The van der Waals surface area contributed by atoms with Crippen molar-refractivity contribution < 1.29 is 32.6 Å². The Morgan fingerprint density at radius 1 is 1.09 bits per heavy atom. The monoisotopic (exact) mass is 476 g/mol. The summed E-state index contributed by atoms with van der Waals surface area (Å²) in [5, 5.41) is 14.2. The van der Waals surface area contributed by atoms with Crippen LogP contribution in [0.25, 0.3) is 11.3 Å². The first kappa shape index (κ1) is 22.8. The molecule has 1 heterocycles. The molecular weight excluding hydrogens is 457 g/mol. The number of carboxylic acid groups (broad SMARTS) is 1. The van der Waals surface area contributed by atoms with Crippen LogP contribution in [-0.4, -0.2) is 28.3 Å². The smallest absolute Gasteiger partial charge is 0.481 e. The van der Waals surface area contributed by atoms with Crippen LogP contribution in [0.15, 0.2) is 53.9 Å². The SMILES string of the molecule is O=C(O)CC1(C(=O)NCc2nc(-c3ccccc3OC(F)(F)F)cs2)Cc2ccccc2C1. The van der Waals surface area contributed by atoms with Crippen molar-refractivity contribution in [3.05, 3.63) is 70.0 Å². The fraction of sp³-hybridized carbons (Fsp3) is 0.261. The van der Waals surface area contributed by atoms with E-state index < -0.39 is 23.7 Å². The van der Waals surface area contributed by atoms with Gasteiger partial charge in [0.2, 0.25) is 5.91 Å². The van der Waals surface area contributed by atoms with Gasteiger partial charge in [-0.15, -0.1) is 24.5 Å². The highest BCUT2D eigenvalue weighted by Gasteiger charge is 2.45. The maximum Gasteiger partial charge on any atom is 0.573 e. The molecule has 0 bridgehead atoms. The maximum atomic E-state index is 13.1. The fourth-order valence-electron chi connectivity index (χ4n) is 4.10. The summed E-state index contributed by atoms with van der Waals surface area (Å²) in [4.78, 5) is 28.9. The molecule has 1 aliphatic carbocycles. The number of amides is 1. The number of fused-ring (bicyclic) bond motifs is 1. The van der Waals surface area contributed by atoms with Crippen molar-refractivity contribution >= 4 is 23.2 Å². The third-order valence-electron chi connectivity index (χ3n) is 5.49. The van der Waals surface area contributed by atoms with Gasteiger partial charge in [0.1, 0.15) is 10.8 Å². The number of ether oxygens (including phenoxy) is 1. The Kier molecular flexibility index (Phi) is 6.11. The number of hydrogen-bond acceptors (Lipinski definition) is 5. The molecule has 1 amide bonds. The molecule has 0 aliphatic heterocycles. The first-order valence-electron chi connectivity index (χ1n) is 10.0. The molecule has 6 nitrogen and oxygen atoms in total. The number of rotatable bonds is 7. The van der Waals surface area contributed by atoms with Crippen molar-refractivity contribution in [1.82, 2.24) is 10.3 Å². The average Bonchev–Trinajstić information content (AvgIpc) is 3.35. The number of aliphatic carboxylic acids is 1. The predicted octanol–water partition coefficient (Wildman–Crippen LogP) is 4.58. The number of aromatic nitrogens is 1. The molecule has 0 unspecified atom stereocenters. The number of carbonyl (C=O) groups excluding carboxylic acids is 1. The van der Waals surface area contributed by atoms with Crippen LogP contribution in [0.4, 0.5) is 13.2 Å². The molecular formula is C23H19F3N2O4S. The number of carboxylic acids is 1. The van der Waals surface area contributed by atoms with Crippen molar-refractivity contribution in [2.24, 2.45) is 5.41 Å². The summed E-state index contributed by atoms with van der Waals surface area (Å²) in [6.45, 7) is 0.0313. The van der Waals surface area contributed by atoms with Gasteiger partial charge in [0.15, 0.2) is 0 Å². The average molecular weight is 476 g/mol. The lowest BCUT2D eigenvalue weighted by atomic mass is 9.80. The van der Waals surface area contributed by atoms with E-state index in [0.717, 1.165) is 11.1 Å². The maximum absolute atomic E-state index is 13.1. The van der Waals surface area contributed by atoms with Gasteiger partial charge < -0.3 is 15.2 Å². The minimum atomic E-state index is -4.83. The van der Waals surface area contributed by atoms with Crippen molar-refractivity contribution in [1.29, 1.82) is 0 Å². The summed E-state index contributed by atoms with van der Waals surface area (Å²) in [7, 11) is 0. The zero-order chi connectivity index (χ0) is 23.6. The van der Waals surface area contributed by atoms with Gasteiger partial charge in [-0.05, 0) is 36.1 Å². The van der Waals surface area contributed by atoms with E-state index in [1.165, 1.54) is 29.5 Å². The van der Waals surface area contributed by atoms with E-state index in [1.807, 2.05) is 24.3 Å². The molecule has 0 saturated heterocycles. The zero-order valence-electron chi connectivity index (χ0n) is 17.2. The van der Waals surface area contributed by atoms with Gasteiger partial charge >= 0.3 is 12.3 Å². The number of carbonyl (C=O) groups is 2. The highest BCUT2D eigenvalue weighted by atomic mass is 32.1. The van der Waals surface area contributed by atoms with Gasteiger partial charge in [-0.2, -0.15) is 0 Å². The number of thiazole rings is 1. The Hall–Kier alpha value is -3.40. The first-order valence-corrected chi connectivity index (χ1v) is 10.9. The largest absolute Gasteiger partial charge is 0.573 e. The third kappa shape index (κ3) is 5.16. The number of halogens is 3. The van der Waals surface area contributed by atoms with Crippen LogP contribution >= 0.6 is 11.3 Å². The molecule has 1 aliphatic rings. The van der Waals surface area contributed by atoms with E-state index in [-0.39, 0.29) is 30.0 Å². The molecule has 0 fully saturated rings. The van der Waals surface area contributed by atoms with Gasteiger partial charge in [-0.25, -0.2) is 4.98 Å². The predicted molar refractivity (Wildman–Crippen MR) is 115 cm³/mol. The topological polar surface area (TPSA) is 88.5 Å². The van der Waals surface area contributed by atoms with E-state index in [0.29, 0.717) is 17.8 Å². The van der Waals surface area contributed by atoms with Crippen LogP contribution in [-0.2, 0) is 29.0 Å². The minimum Gasteiger partial charge on any atom is -0.481 e. The second kappa shape index (κ2) is 8.86. The van der Waals surface area contributed by atoms with Gasteiger partial charge in [0.05, 0.1) is 24.1 Å². The number of hydrogen-bond donors (Lipinski definition) is 2. The molecule has 0 radical (unpaired) electrons. The zero-order valence-corrected chi connectivity index (χ0v) is 18.0. The Bertz CT molecular complexity index is 1170. The van der Waals surface area contributed by atoms with E-state index >= 15 is 0 Å². The molecule has 0 spiro atoms. The molecule has 0 atom stereocenters. The van der Waals surface area contributed by atoms with Gasteiger partial charge in [-0.3, -0.25) is 9.59 Å². The van der Waals surface area contributed by atoms with Crippen molar-refractivity contribution in [3.8, 4) is 17.0 Å². The number of para-hydroxylation sites is 1. The van der Waals surface area contributed by atoms with Gasteiger partial charge in [-0.1, -0.05) is 36.4 Å². The standard InChI is InChI=1S/C23H19F3N2O4S/c24-23(25,26)32-18-8-4-3-7-16(18)17-13-33-19(28-17)12-27-21(31)22(11-20(29)30)9-14-5-1-2-6-15(14)10-22/h1-8,13H,9-12H2,(H,27,31)(H,29,30). The second-order valence-electron chi connectivity index (χ2n) is 7.83. The molecule has 10 heteroatoms. The van der Waals surface area contributed by atoms with Crippen molar-refractivity contribution in [2.45, 2.75) is 32.2 Å². The lowest BCUT2D eigenvalue weighted by molar-refractivity contribution is -0.274. The van der Waals surface area contributed by atoms with Crippen LogP contribution in [0.1, 0.15) is 22.6 Å². The van der Waals surface area contributed by atoms with E-state index in [1.54, 1.807) is 11.4 Å². The van der Waals surface area contributed by atoms with Crippen LogP contribution < -0.4 is 10.1 Å². The number of benzene rings is 2. The highest BCUT2D eigenvalue weighted by Crippen LogP contribution is 2.40. The molecule has 2 aromatic carbocycles. The van der Waals surface area contributed by atoms with E-state index in [9.17, 15) is 27.9 Å². The Morgan fingerprint density at radius 2 is 1.73 bits per heavy atom. The lowest BCUT2D eigenvalue weighted by Crippen LogP contribution is -2.43. The molecule has 2 N–H and O–H groups in total. The third-order valence-corrected chi connectivity index (χ3v) is 6.34. The van der Waals surface area contributed by atoms with Gasteiger partial charge in [0.25, 0.3) is 0 Å². The summed E-state index contributed by atoms with van der Waals surface area (Å²) < 4.78 is 42.2. The van der Waals surface area contributed by atoms with E-state index in [2.05, 4.69) is 15.0 Å². The number of nitrogens with zero attached hydrogens (tertiary/aromatic N) is 1. The molecule has 3 aromatic rings. The highest BCUT2D eigenvalue weighted by molar-refractivity contribution is 7.09. The van der Waals surface area contributed by atoms with Crippen LogP contribution in [0.2, 0.25) is 0 Å². The number of alkyl halides is 3. The van der Waals surface area contributed by atoms with Gasteiger partial charge in [0, 0.05) is 10.9 Å². The molecule has 0 saturated carbocycles. The minimum absolute atomic E-state index is 0.0313. The summed E-state index contributed by atoms with van der Waals surface area (Å²) in [6, 6.07) is 13.2. The summed E-state index contributed by atoms with van der Waals surface area (Å²) >= 11 is 1.18. The van der Waals surface area contributed by atoms with Crippen LogP contribution in [0.5, 0.6) is 5.75 Å². The Balaban J connectivity index is 1.48. The molecule has 33 heavy (non-hydrogen) atoms. The van der Waals surface area contributed by atoms with Crippen LogP contribution in [0.3, 0.4) is 0 Å². The van der Waals surface area contributed by atoms with E-state index in [4.69, 9.17) is 0 Å². The normalized spacial score (nSPS) is 14.5. The number of nitrogens with one attached hydrogen (secondary N) is 1. The van der Waals surface area contributed by atoms with Crippen molar-refractivity contribution in [2.75, 3.05) is 0 Å². The second-order valence-corrected chi connectivity index (χ2v) is 8.77. The first-order chi connectivity index (χ1) is 15.7. The molecule has 4 rings (SSSR count). The summed E-state index contributed by atoms with van der Waals surface area (Å²) in [5.41, 5.74) is 1.27. The molecule has 172 valence electrons. The molecule has 1 aromatic heterocycles. The Labute approximate surface area is 191 Å². The Morgan fingerprint density at radius 3 is 2.36 bits per heavy atom. The quantitative estimate of drug-likeness (QED) is 0.521. The fourth-order valence-corrected chi connectivity index (χ4v) is 4.83. The summed E-state index contributed by atoms with van der Waals surface area (Å²) in [6.07, 6.45) is -4.49.